The number of hydrogen-bond acceptors (Lipinski definition) is 3. The molecular weight excluding hydrogens is 296 g/mol. The van der Waals surface area contributed by atoms with Crippen LogP contribution in [0.25, 0.3) is 0 Å². The lowest BCUT2D eigenvalue weighted by Gasteiger charge is -2.56. The summed E-state index contributed by atoms with van der Waals surface area (Å²) in [5.74, 6) is 2.22. The Bertz CT molecular complexity index is 438. The molecule has 3 rings (SSSR count). The van der Waals surface area contributed by atoms with Crippen molar-refractivity contribution in [3.63, 3.8) is 0 Å². The third kappa shape index (κ3) is 3.17. The van der Waals surface area contributed by atoms with Crippen molar-refractivity contribution in [2.75, 3.05) is 13.6 Å². The van der Waals surface area contributed by atoms with Crippen LogP contribution in [0.5, 0.6) is 0 Å². The fourth-order valence-corrected chi connectivity index (χ4v) is 6.70. The van der Waals surface area contributed by atoms with E-state index in [0.717, 1.165) is 37.6 Å². The molecule has 0 aromatic rings. The first-order valence-corrected chi connectivity index (χ1v) is 10.5. The van der Waals surface area contributed by atoms with Gasteiger partial charge in [-0.25, -0.2) is 0 Å². The van der Waals surface area contributed by atoms with Gasteiger partial charge in [0.1, 0.15) is 0 Å². The van der Waals surface area contributed by atoms with Crippen LogP contribution in [0, 0.1) is 23.2 Å². The van der Waals surface area contributed by atoms with E-state index in [4.69, 9.17) is 5.73 Å². The molecule has 6 atom stereocenters. The van der Waals surface area contributed by atoms with Crippen molar-refractivity contribution in [3.05, 3.63) is 0 Å². The Hall–Kier alpha value is -0.120. The van der Waals surface area contributed by atoms with Gasteiger partial charge in [-0.05, 0) is 88.6 Å². The van der Waals surface area contributed by atoms with Gasteiger partial charge in [-0.1, -0.05) is 32.6 Å². The molecule has 24 heavy (non-hydrogen) atoms. The van der Waals surface area contributed by atoms with Crippen LogP contribution >= 0.6 is 0 Å². The SMILES string of the molecule is CNCC1CC[C@@]2(N)C3CCCC[C@](C)(O)CCC[C@H]3CC[C@]12C. The van der Waals surface area contributed by atoms with Gasteiger partial charge in [-0.3, -0.25) is 0 Å². The Morgan fingerprint density at radius 3 is 2.46 bits per heavy atom. The lowest BCUT2D eigenvalue weighted by atomic mass is 9.52. The average Bonchev–Trinajstić information content (AvgIpc) is 2.78. The van der Waals surface area contributed by atoms with Gasteiger partial charge in [0.05, 0.1) is 5.60 Å². The summed E-state index contributed by atoms with van der Waals surface area (Å²) in [4.78, 5) is 0. The fraction of sp³-hybridized carbons (Fsp3) is 1.00. The summed E-state index contributed by atoms with van der Waals surface area (Å²) in [5, 5.41) is 13.9. The van der Waals surface area contributed by atoms with Crippen LogP contribution in [0.15, 0.2) is 0 Å². The molecule has 3 saturated carbocycles. The van der Waals surface area contributed by atoms with Crippen molar-refractivity contribution < 1.29 is 5.11 Å². The molecule has 2 unspecified atom stereocenters. The second-order valence-electron chi connectivity index (χ2n) is 9.79. The van der Waals surface area contributed by atoms with Crippen molar-refractivity contribution in [3.8, 4) is 0 Å². The van der Waals surface area contributed by atoms with E-state index in [1.165, 1.54) is 51.4 Å². The summed E-state index contributed by atoms with van der Waals surface area (Å²) < 4.78 is 0. The van der Waals surface area contributed by atoms with Crippen molar-refractivity contribution in [2.24, 2.45) is 28.9 Å². The highest BCUT2D eigenvalue weighted by Gasteiger charge is 2.61. The van der Waals surface area contributed by atoms with Crippen LogP contribution in [0.3, 0.4) is 0 Å². The molecule has 0 aromatic heterocycles. The van der Waals surface area contributed by atoms with Gasteiger partial charge in [0.25, 0.3) is 0 Å². The van der Waals surface area contributed by atoms with Crippen molar-refractivity contribution in [2.45, 2.75) is 95.6 Å². The van der Waals surface area contributed by atoms with Gasteiger partial charge in [0.15, 0.2) is 0 Å². The summed E-state index contributed by atoms with van der Waals surface area (Å²) in [6.07, 6.45) is 13.2. The van der Waals surface area contributed by atoms with Gasteiger partial charge in [0.2, 0.25) is 0 Å². The number of fused-ring (bicyclic) bond motifs is 3. The predicted octanol–water partition coefficient (Wildman–Crippen LogP) is 3.84. The topological polar surface area (TPSA) is 58.3 Å². The molecule has 3 nitrogen and oxygen atoms in total. The minimum absolute atomic E-state index is 0.0408. The Kier molecular flexibility index (Phi) is 5.36. The molecule has 3 aliphatic rings. The molecule has 0 radical (unpaired) electrons. The van der Waals surface area contributed by atoms with E-state index < -0.39 is 5.60 Å². The normalized spacial score (nSPS) is 50.1. The van der Waals surface area contributed by atoms with Gasteiger partial charge in [0, 0.05) is 5.54 Å². The van der Waals surface area contributed by atoms with E-state index in [2.05, 4.69) is 19.3 Å². The van der Waals surface area contributed by atoms with E-state index in [-0.39, 0.29) is 5.54 Å². The molecule has 3 heteroatoms. The van der Waals surface area contributed by atoms with Gasteiger partial charge in [-0.2, -0.15) is 0 Å². The Balaban J connectivity index is 1.79. The van der Waals surface area contributed by atoms with Crippen LogP contribution < -0.4 is 11.1 Å². The summed E-state index contributed by atoms with van der Waals surface area (Å²) in [6, 6.07) is 0. The molecule has 3 aliphatic carbocycles. The molecular formula is C21H40N2O. The first-order valence-electron chi connectivity index (χ1n) is 10.5. The highest BCUT2D eigenvalue weighted by atomic mass is 16.3. The van der Waals surface area contributed by atoms with Crippen molar-refractivity contribution in [1.29, 1.82) is 0 Å². The molecule has 0 amide bonds. The van der Waals surface area contributed by atoms with Crippen molar-refractivity contribution in [1.82, 2.24) is 5.32 Å². The minimum Gasteiger partial charge on any atom is -0.390 e. The Morgan fingerprint density at radius 2 is 1.71 bits per heavy atom. The molecule has 0 aliphatic heterocycles. The smallest absolute Gasteiger partial charge is 0.0619 e. The predicted molar refractivity (Wildman–Crippen MR) is 101 cm³/mol. The Morgan fingerprint density at radius 1 is 0.958 bits per heavy atom. The summed E-state index contributed by atoms with van der Waals surface area (Å²) in [5.41, 5.74) is 7.17. The Labute approximate surface area is 149 Å². The maximum atomic E-state index is 10.5. The number of hydrogen-bond donors (Lipinski definition) is 3. The molecule has 140 valence electrons. The zero-order valence-corrected chi connectivity index (χ0v) is 16.2. The lowest BCUT2D eigenvalue weighted by molar-refractivity contribution is -0.0291. The average molecular weight is 337 g/mol. The first-order chi connectivity index (χ1) is 11.3. The van der Waals surface area contributed by atoms with Crippen LogP contribution in [0.2, 0.25) is 0 Å². The summed E-state index contributed by atoms with van der Waals surface area (Å²) >= 11 is 0. The van der Waals surface area contributed by atoms with Crippen LogP contribution in [-0.4, -0.2) is 29.8 Å². The molecule has 0 heterocycles. The minimum atomic E-state index is -0.443. The fourth-order valence-electron chi connectivity index (χ4n) is 6.70. The quantitative estimate of drug-likeness (QED) is 0.718. The summed E-state index contributed by atoms with van der Waals surface area (Å²) in [7, 11) is 2.08. The molecule has 0 aromatic carbocycles. The van der Waals surface area contributed by atoms with E-state index in [0.29, 0.717) is 11.3 Å². The second kappa shape index (κ2) is 6.89. The largest absolute Gasteiger partial charge is 0.390 e. The monoisotopic (exact) mass is 336 g/mol. The van der Waals surface area contributed by atoms with E-state index >= 15 is 0 Å². The standard InChI is InChI=1S/C21H40N2O/c1-19(24)11-5-4-8-18-16(7-6-12-19)9-13-20(2)17(15-23-3)10-14-21(18,20)22/h16-18,23-24H,4-15,22H2,1-3H3/t16-,17?,18?,19-,20+,21+/m0/s1. The maximum Gasteiger partial charge on any atom is 0.0619 e. The van der Waals surface area contributed by atoms with Gasteiger partial charge < -0.3 is 16.2 Å². The molecule has 4 N–H and O–H groups in total. The summed E-state index contributed by atoms with van der Waals surface area (Å²) in [6.45, 7) is 5.66. The zero-order valence-electron chi connectivity index (χ0n) is 16.2. The van der Waals surface area contributed by atoms with Gasteiger partial charge >= 0.3 is 0 Å². The van der Waals surface area contributed by atoms with E-state index in [1.54, 1.807) is 0 Å². The number of nitrogens with two attached hydrogens (primary N) is 1. The van der Waals surface area contributed by atoms with Crippen LogP contribution in [0.1, 0.15) is 84.5 Å². The molecule has 0 spiro atoms. The van der Waals surface area contributed by atoms with Gasteiger partial charge in [-0.15, -0.1) is 0 Å². The number of nitrogens with one attached hydrogen (secondary N) is 1. The second-order valence-corrected chi connectivity index (χ2v) is 9.79. The molecule has 0 bridgehead atoms. The van der Waals surface area contributed by atoms with Crippen LogP contribution in [-0.2, 0) is 0 Å². The molecule has 3 fully saturated rings. The molecule has 0 saturated heterocycles. The highest BCUT2D eigenvalue weighted by molar-refractivity contribution is 5.15. The third-order valence-corrected chi connectivity index (χ3v) is 8.36. The third-order valence-electron chi connectivity index (χ3n) is 8.36. The number of rotatable bonds is 2. The highest BCUT2D eigenvalue weighted by Crippen LogP contribution is 2.61. The zero-order chi connectivity index (χ0) is 17.4. The van der Waals surface area contributed by atoms with Crippen molar-refractivity contribution >= 4 is 0 Å². The van der Waals surface area contributed by atoms with Crippen LogP contribution in [0.4, 0.5) is 0 Å². The number of aliphatic hydroxyl groups is 1. The lowest BCUT2D eigenvalue weighted by Crippen LogP contribution is -2.62. The van der Waals surface area contributed by atoms with E-state index in [9.17, 15) is 5.11 Å². The van der Waals surface area contributed by atoms with E-state index in [1.807, 2.05) is 6.92 Å². The maximum absolute atomic E-state index is 10.5. The first kappa shape index (κ1) is 18.7.